The maximum atomic E-state index is 12.6. The fourth-order valence-corrected chi connectivity index (χ4v) is 3.24. The number of rotatable bonds is 5. The van der Waals surface area contributed by atoms with Crippen LogP contribution in [0.25, 0.3) is 16.9 Å². The average molecular weight is 433 g/mol. The first-order chi connectivity index (χ1) is 14.1. The second kappa shape index (κ2) is 8.43. The van der Waals surface area contributed by atoms with Gasteiger partial charge in [0.2, 0.25) is 0 Å². The van der Waals surface area contributed by atoms with Crippen molar-refractivity contribution in [1.82, 2.24) is 29.5 Å². The number of aromatic nitrogens is 5. The summed E-state index contributed by atoms with van der Waals surface area (Å²) >= 11 is 6.27. The van der Waals surface area contributed by atoms with Gasteiger partial charge in [-0.1, -0.05) is 11.6 Å². The Hall–Kier alpha value is -2.94. The van der Waals surface area contributed by atoms with Crippen LogP contribution in [0.1, 0.15) is 46.4 Å². The molecule has 3 aromatic rings. The van der Waals surface area contributed by atoms with E-state index in [1.807, 2.05) is 40.7 Å². The number of nitrogens with zero attached hydrogens (tertiary/aromatic N) is 6. The predicted octanol–water partition coefficient (Wildman–Crippen LogP) is 4.17. The van der Waals surface area contributed by atoms with Gasteiger partial charge in [-0.2, -0.15) is 5.10 Å². The molecule has 0 spiro atoms. The summed E-state index contributed by atoms with van der Waals surface area (Å²) in [4.78, 5) is 27.3. The minimum atomic E-state index is -0.587. The maximum absolute atomic E-state index is 12.6. The third kappa shape index (κ3) is 4.46. The van der Waals surface area contributed by atoms with Crippen molar-refractivity contribution < 1.29 is 14.3 Å². The van der Waals surface area contributed by atoms with E-state index in [2.05, 4.69) is 20.1 Å². The van der Waals surface area contributed by atoms with E-state index in [9.17, 15) is 4.79 Å². The molecule has 0 radical (unpaired) electrons. The molecule has 3 aromatic heterocycles. The van der Waals surface area contributed by atoms with Crippen LogP contribution in [0, 0.1) is 0 Å². The summed E-state index contributed by atoms with van der Waals surface area (Å²) in [5.74, 6) is 0.522. The van der Waals surface area contributed by atoms with Gasteiger partial charge in [0.05, 0.1) is 36.9 Å². The van der Waals surface area contributed by atoms with E-state index in [1.165, 1.54) is 6.33 Å². The Labute approximate surface area is 180 Å². The van der Waals surface area contributed by atoms with Gasteiger partial charge in [-0.3, -0.25) is 4.98 Å². The molecular weight excluding hydrogens is 408 g/mol. The molecule has 0 saturated heterocycles. The van der Waals surface area contributed by atoms with Crippen molar-refractivity contribution in [2.24, 2.45) is 0 Å². The van der Waals surface area contributed by atoms with E-state index in [0.717, 1.165) is 0 Å². The summed E-state index contributed by atoms with van der Waals surface area (Å²) in [5.41, 5.74) is 1.76. The van der Waals surface area contributed by atoms with E-state index in [0.29, 0.717) is 34.9 Å². The number of ether oxygens (including phenoxy) is 2. The second-order valence-electron chi connectivity index (χ2n) is 7.70. The lowest BCUT2D eigenvalue weighted by atomic mass is 10.1. The van der Waals surface area contributed by atoms with Crippen molar-refractivity contribution in [3.05, 3.63) is 35.6 Å². The van der Waals surface area contributed by atoms with Crippen LogP contribution < -0.4 is 4.74 Å². The zero-order valence-corrected chi connectivity index (χ0v) is 18.6. The molecule has 1 amide bonds. The molecule has 160 valence electrons. The van der Waals surface area contributed by atoms with Crippen molar-refractivity contribution >= 4 is 23.3 Å². The largest absolute Gasteiger partial charge is 0.494 e. The van der Waals surface area contributed by atoms with Crippen LogP contribution in [0.5, 0.6) is 5.75 Å². The molecule has 0 N–H and O–H groups in total. The number of carbonyl (C=O) groups is 1. The van der Waals surface area contributed by atoms with Gasteiger partial charge in [0.1, 0.15) is 17.7 Å². The Morgan fingerprint density at radius 2 is 2.07 bits per heavy atom. The first kappa shape index (κ1) is 21.8. The number of methoxy groups -OCH3 is 1. The van der Waals surface area contributed by atoms with Crippen LogP contribution in [-0.2, 0) is 4.74 Å². The Morgan fingerprint density at radius 1 is 1.33 bits per heavy atom. The van der Waals surface area contributed by atoms with E-state index >= 15 is 0 Å². The van der Waals surface area contributed by atoms with Gasteiger partial charge in [-0.15, -0.1) is 0 Å². The van der Waals surface area contributed by atoms with E-state index < -0.39 is 11.7 Å². The minimum absolute atomic E-state index is 0.224. The predicted molar refractivity (Wildman–Crippen MR) is 113 cm³/mol. The minimum Gasteiger partial charge on any atom is -0.494 e. The second-order valence-corrected chi connectivity index (χ2v) is 8.05. The lowest BCUT2D eigenvalue weighted by Gasteiger charge is -2.30. The van der Waals surface area contributed by atoms with Gasteiger partial charge in [-0.05, 0) is 40.7 Å². The number of amides is 1. The SMILES string of the molecule is CCN(C(=O)OC(C)(C)C)C(C)c1cc(-c2cn3ncnc3c(Cl)n2)c(OC)cn1. The van der Waals surface area contributed by atoms with Gasteiger partial charge in [0.15, 0.2) is 10.8 Å². The summed E-state index contributed by atoms with van der Waals surface area (Å²) in [7, 11) is 1.55. The molecule has 0 fully saturated rings. The molecule has 0 bridgehead atoms. The Bertz CT molecular complexity index is 1060. The topological polar surface area (TPSA) is 94.7 Å². The molecule has 0 saturated carbocycles. The van der Waals surface area contributed by atoms with Crippen molar-refractivity contribution in [2.75, 3.05) is 13.7 Å². The van der Waals surface area contributed by atoms with Crippen LogP contribution >= 0.6 is 11.6 Å². The number of hydrogen-bond donors (Lipinski definition) is 0. The number of pyridine rings is 1. The highest BCUT2D eigenvalue weighted by atomic mass is 35.5. The highest BCUT2D eigenvalue weighted by molar-refractivity contribution is 6.32. The Kier molecular flexibility index (Phi) is 6.12. The van der Waals surface area contributed by atoms with Gasteiger partial charge in [0.25, 0.3) is 0 Å². The quantitative estimate of drug-likeness (QED) is 0.597. The lowest BCUT2D eigenvalue weighted by molar-refractivity contribution is 0.0182. The lowest BCUT2D eigenvalue weighted by Crippen LogP contribution is -2.38. The third-order valence-corrected chi connectivity index (χ3v) is 4.72. The molecule has 30 heavy (non-hydrogen) atoms. The van der Waals surface area contributed by atoms with Crippen LogP contribution in [-0.4, -0.2) is 54.8 Å². The highest BCUT2D eigenvalue weighted by Crippen LogP contribution is 2.32. The molecular formula is C20H25ClN6O3. The summed E-state index contributed by atoms with van der Waals surface area (Å²) in [6, 6.07) is 1.50. The summed E-state index contributed by atoms with van der Waals surface area (Å²) in [5, 5.41) is 4.36. The van der Waals surface area contributed by atoms with Gasteiger partial charge in [0, 0.05) is 12.1 Å². The van der Waals surface area contributed by atoms with Gasteiger partial charge in [-0.25, -0.2) is 19.3 Å². The molecule has 0 aromatic carbocycles. The van der Waals surface area contributed by atoms with Gasteiger partial charge >= 0.3 is 6.09 Å². The molecule has 0 aliphatic carbocycles. The van der Waals surface area contributed by atoms with Crippen molar-refractivity contribution in [3.8, 4) is 17.0 Å². The van der Waals surface area contributed by atoms with E-state index in [4.69, 9.17) is 21.1 Å². The Morgan fingerprint density at radius 3 is 2.70 bits per heavy atom. The molecule has 1 unspecified atom stereocenters. The van der Waals surface area contributed by atoms with Crippen molar-refractivity contribution in [2.45, 2.75) is 46.3 Å². The summed E-state index contributed by atoms with van der Waals surface area (Å²) in [6.07, 6.45) is 4.32. The molecule has 1 atom stereocenters. The van der Waals surface area contributed by atoms with Crippen LogP contribution in [0.2, 0.25) is 5.15 Å². The zero-order valence-electron chi connectivity index (χ0n) is 17.9. The molecule has 0 aliphatic rings. The van der Waals surface area contributed by atoms with Gasteiger partial charge < -0.3 is 14.4 Å². The number of hydrogen-bond acceptors (Lipinski definition) is 7. The van der Waals surface area contributed by atoms with E-state index in [1.54, 1.807) is 28.9 Å². The highest BCUT2D eigenvalue weighted by Gasteiger charge is 2.27. The summed E-state index contributed by atoms with van der Waals surface area (Å²) in [6.45, 7) is 9.76. The fourth-order valence-electron chi connectivity index (χ4n) is 3.01. The zero-order chi connectivity index (χ0) is 22.1. The maximum Gasteiger partial charge on any atom is 0.410 e. The van der Waals surface area contributed by atoms with Crippen LogP contribution in [0.4, 0.5) is 4.79 Å². The molecule has 3 heterocycles. The van der Waals surface area contributed by atoms with E-state index in [-0.39, 0.29) is 11.2 Å². The van der Waals surface area contributed by atoms with Crippen LogP contribution in [0.3, 0.4) is 0 Å². The van der Waals surface area contributed by atoms with Crippen LogP contribution in [0.15, 0.2) is 24.8 Å². The molecule has 10 heteroatoms. The smallest absolute Gasteiger partial charge is 0.410 e. The monoisotopic (exact) mass is 432 g/mol. The number of fused-ring (bicyclic) bond motifs is 1. The number of halogens is 1. The first-order valence-corrected chi connectivity index (χ1v) is 9.92. The first-order valence-electron chi connectivity index (χ1n) is 9.54. The fraction of sp³-hybridized carbons (Fsp3) is 0.450. The summed E-state index contributed by atoms with van der Waals surface area (Å²) < 4.78 is 12.6. The molecule has 3 rings (SSSR count). The molecule has 0 aliphatic heterocycles. The number of carbonyl (C=O) groups excluding carboxylic acids is 1. The average Bonchev–Trinajstić information content (AvgIpc) is 3.15. The molecule has 9 nitrogen and oxygen atoms in total. The normalized spacial score (nSPS) is 12.6. The van der Waals surface area contributed by atoms with Crippen molar-refractivity contribution in [3.63, 3.8) is 0 Å². The standard InChI is InChI=1S/C20H25ClN6O3/c1-7-26(19(28)30-20(3,4)5)12(2)14-8-13(16(29-6)9-22-14)15-10-27-18(17(21)25-15)23-11-24-27/h8-12H,7H2,1-6H3. The Balaban J connectivity index is 2.01. The third-order valence-electron chi connectivity index (χ3n) is 4.47. The van der Waals surface area contributed by atoms with Crippen molar-refractivity contribution in [1.29, 1.82) is 0 Å².